The van der Waals surface area contributed by atoms with Crippen LogP contribution < -0.4 is 10.6 Å². The van der Waals surface area contributed by atoms with E-state index in [0.717, 1.165) is 18.8 Å². The third-order valence-corrected chi connectivity index (χ3v) is 5.63. The smallest absolute Gasteiger partial charge is 0.181 e. The van der Waals surface area contributed by atoms with Gasteiger partial charge < -0.3 is 15.7 Å². The molecule has 0 radical (unpaired) electrons. The van der Waals surface area contributed by atoms with Gasteiger partial charge in [0.05, 0.1) is 16.8 Å². The average Bonchev–Trinajstić information content (AvgIpc) is 2.46. The van der Waals surface area contributed by atoms with Gasteiger partial charge in [-0.15, -0.1) is 24.8 Å². The van der Waals surface area contributed by atoms with E-state index in [9.17, 15) is 8.42 Å². The van der Waals surface area contributed by atoms with E-state index in [1.807, 2.05) is 0 Å². The van der Waals surface area contributed by atoms with Crippen molar-refractivity contribution in [2.24, 2.45) is 0 Å². The molecule has 21 heavy (non-hydrogen) atoms. The number of sulfone groups is 1. The van der Waals surface area contributed by atoms with Gasteiger partial charge in [-0.2, -0.15) is 0 Å². The van der Waals surface area contributed by atoms with E-state index < -0.39 is 9.84 Å². The minimum Gasteiger partial charge on any atom is -0.395 e. The van der Waals surface area contributed by atoms with Crippen LogP contribution in [-0.2, 0) is 9.84 Å². The Balaban J connectivity index is 0.00000200. The highest BCUT2D eigenvalue weighted by molar-refractivity contribution is 7.92. The van der Waals surface area contributed by atoms with Crippen LogP contribution in [0.4, 0.5) is 5.69 Å². The number of benzene rings is 1. The van der Waals surface area contributed by atoms with Gasteiger partial charge in [0.15, 0.2) is 9.84 Å². The number of hydrogen-bond donors (Lipinski definition) is 3. The molecule has 8 heteroatoms. The molecule has 0 aromatic heterocycles. The lowest BCUT2D eigenvalue weighted by molar-refractivity contribution is 0.311. The Morgan fingerprint density at radius 3 is 2.24 bits per heavy atom. The van der Waals surface area contributed by atoms with Crippen molar-refractivity contribution < 1.29 is 13.5 Å². The minimum absolute atomic E-state index is 0. The van der Waals surface area contributed by atoms with Crippen molar-refractivity contribution in [1.29, 1.82) is 0 Å². The van der Waals surface area contributed by atoms with Crippen molar-refractivity contribution >= 4 is 40.3 Å². The highest BCUT2D eigenvalue weighted by Gasteiger charge is 2.28. The summed E-state index contributed by atoms with van der Waals surface area (Å²) in [6.07, 6.45) is 1.35. The molecule has 1 fully saturated rings. The Bertz CT molecular complexity index is 503. The number of aliphatic hydroxyl groups excluding tert-OH is 1. The Morgan fingerprint density at radius 2 is 1.71 bits per heavy atom. The fourth-order valence-corrected chi connectivity index (χ4v) is 4.02. The summed E-state index contributed by atoms with van der Waals surface area (Å²) in [5.41, 5.74) is 0.818. The van der Waals surface area contributed by atoms with Gasteiger partial charge in [-0.25, -0.2) is 8.42 Å². The minimum atomic E-state index is -3.22. The van der Waals surface area contributed by atoms with Crippen LogP contribution in [0.2, 0.25) is 0 Å². The van der Waals surface area contributed by atoms with E-state index in [1.54, 1.807) is 24.3 Å². The van der Waals surface area contributed by atoms with Crippen molar-refractivity contribution in [3.05, 3.63) is 24.3 Å². The summed E-state index contributed by atoms with van der Waals surface area (Å²) in [5, 5.41) is 14.6. The predicted molar refractivity (Wildman–Crippen MR) is 89.6 cm³/mol. The first-order chi connectivity index (χ1) is 9.14. The van der Waals surface area contributed by atoms with Gasteiger partial charge in [0.25, 0.3) is 0 Å². The van der Waals surface area contributed by atoms with Crippen molar-refractivity contribution in [2.75, 3.05) is 31.6 Å². The largest absolute Gasteiger partial charge is 0.395 e. The second-order valence-corrected chi connectivity index (χ2v) is 6.90. The SMILES string of the molecule is Cl.Cl.O=S(=O)(c1ccc(NCCO)cc1)C1CCNCC1. The summed E-state index contributed by atoms with van der Waals surface area (Å²) in [6.45, 7) is 2.04. The molecule has 0 amide bonds. The van der Waals surface area contributed by atoms with Crippen LogP contribution in [-0.4, -0.2) is 45.0 Å². The standard InChI is InChI=1S/C13H20N2O3S.2ClH/c16-10-9-15-11-1-3-12(4-2-11)19(17,18)13-5-7-14-8-6-13;;/h1-4,13-16H,5-10H2;2*1H. The van der Waals surface area contributed by atoms with E-state index in [-0.39, 0.29) is 36.7 Å². The Labute approximate surface area is 138 Å². The monoisotopic (exact) mass is 356 g/mol. The van der Waals surface area contributed by atoms with Crippen LogP contribution in [0.25, 0.3) is 0 Å². The summed E-state index contributed by atoms with van der Waals surface area (Å²) >= 11 is 0. The van der Waals surface area contributed by atoms with Crippen molar-refractivity contribution in [1.82, 2.24) is 5.32 Å². The van der Waals surface area contributed by atoms with Crippen molar-refractivity contribution in [3.8, 4) is 0 Å². The fraction of sp³-hybridized carbons (Fsp3) is 0.538. The first-order valence-corrected chi connectivity index (χ1v) is 8.08. The second-order valence-electron chi connectivity index (χ2n) is 4.67. The molecule has 3 N–H and O–H groups in total. The van der Waals surface area contributed by atoms with Crippen molar-refractivity contribution in [3.63, 3.8) is 0 Å². The van der Waals surface area contributed by atoms with E-state index in [2.05, 4.69) is 10.6 Å². The van der Waals surface area contributed by atoms with Gasteiger partial charge in [0.2, 0.25) is 0 Å². The summed E-state index contributed by atoms with van der Waals surface area (Å²) in [5.74, 6) is 0. The molecule has 0 aliphatic carbocycles. The first kappa shape index (κ1) is 20.5. The second kappa shape index (κ2) is 9.48. The van der Waals surface area contributed by atoms with Crippen LogP contribution >= 0.6 is 24.8 Å². The van der Waals surface area contributed by atoms with Crippen LogP contribution in [0, 0.1) is 0 Å². The van der Waals surface area contributed by atoms with Gasteiger partial charge in [0, 0.05) is 12.2 Å². The molecule has 122 valence electrons. The zero-order valence-corrected chi connectivity index (χ0v) is 14.1. The summed E-state index contributed by atoms with van der Waals surface area (Å²) in [6, 6.07) is 6.75. The Morgan fingerprint density at radius 1 is 1.14 bits per heavy atom. The number of aliphatic hydroxyl groups is 1. The molecule has 5 nitrogen and oxygen atoms in total. The van der Waals surface area contributed by atoms with Gasteiger partial charge >= 0.3 is 0 Å². The number of rotatable bonds is 5. The topological polar surface area (TPSA) is 78.4 Å². The third-order valence-electron chi connectivity index (χ3n) is 3.35. The molecular weight excluding hydrogens is 335 g/mol. The van der Waals surface area contributed by atoms with E-state index in [0.29, 0.717) is 24.3 Å². The lowest BCUT2D eigenvalue weighted by Crippen LogP contribution is -2.35. The molecule has 1 aliphatic rings. The quantitative estimate of drug-likeness (QED) is 0.744. The molecule has 0 saturated carbocycles. The molecule has 0 spiro atoms. The number of nitrogens with one attached hydrogen (secondary N) is 2. The van der Waals surface area contributed by atoms with Gasteiger partial charge in [-0.3, -0.25) is 0 Å². The Hall–Kier alpha value is -0.530. The van der Waals surface area contributed by atoms with E-state index in [1.165, 1.54) is 0 Å². The lowest BCUT2D eigenvalue weighted by atomic mass is 10.2. The summed E-state index contributed by atoms with van der Waals surface area (Å²) < 4.78 is 24.8. The average molecular weight is 357 g/mol. The van der Waals surface area contributed by atoms with Gasteiger partial charge in [-0.1, -0.05) is 0 Å². The first-order valence-electron chi connectivity index (χ1n) is 6.54. The summed E-state index contributed by atoms with van der Waals surface area (Å²) in [4.78, 5) is 0.383. The Kier molecular flexibility index (Phi) is 9.24. The molecule has 0 unspecified atom stereocenters. The third kappa shape index (κ3) is 5.30. The van der Waals surface area contributed by atoms with Crippen LogP contribution in [0.5, 0.6) is 0 Å². The zero-order valence-electron chi connectivity index (χ0n) is 11.6. The highest BCUT2D eigenvalue weighted by atomic mass is 35.5. The fourth-order valence-electron chi connectivity index (χ4n) is 2.26. The molecule has 0 atom stereocenters. The molecule has 1 heterocycles. The van der Waals surface area contributed by atoms with Crippen LogP contribution in [0.15, 0.2) is 29.2 Å². The zero-order chi connectivity index (χ0) is 13.7. The van der Waals surface area contributed by atoms with E-state index >= 15 is 0 Å². The molecule has 1 aliphatic heterocycles. The number of piperidine rings is 1. The predicted octanol–water partition coefficient (Wildman–Crippen LogP) is 1.46. The van der Waals surface area contributed by atoms with E-state index in [4.69, 9.17) is 5.11 Å². The molecule has 1 aromatic carbocycles. The highest BCUT2D eigenvalue weighted by Crippen LogP contribution is 2.23. The van der Waals surface area contributed by atoms with Gasteiger partial charge in [-0.05, 0) is 50.2 Å². The van der Waals surface area contributed by atoms with Crippen LogP contribution in [0.1, 0.15) is 12.8 Å². The number of halogens is 2. The lowest BCUT2D eigenvalue weighted by Gasteiger charge is -2.22. The maximum atomic E-state index is 12.4. The molecule has 0 bridgehead atoms. The molecular formula is C13H22Cl2N2O3S. The van der Waals surface area contributed by atoms with Crippen LogP contribution in [0.3, 0.4) is 0 Å². The maximum absolute atomic E-state index is 12.4. The molecule has 1 aromatic rings. The number of hydrogen-bond acceptors (Lipinski definition) is 5. The normalized spacial score (nSPS) is 15.7. The molecule has 1 saturated heterocycles. The summed E-state index contributed by atoms with van der Waals surface area (Å²) in [7, 11) is -3.22. The molecule has 2 rings (SSSR count). The number of anilines is 1. The van der Waals surface area contributed by atoms with Crippen molar-refractivity contribution in [2.45, 2.75) is 23.0 Å². The van der Waals surface area contributed by atoms with Gasteiger partial charge in [0.1, 0.15) is 0 Å². The maximum Gasteiger partial charge on any atom is 0.181 e.